The van der Waals surface area contributed by atoms with Gasteiger partial charge in [-0.1, -0.05) is 22.0 Å². The van der Waals surface area contributed by atoms with Gasteiger partial charge in [-0.3, -0.25) is 4.79 Å². The number of carbonyl (C=O) groups is 1. The molecule has 0 aromatic heterocycles. The molecule has 0 saturated heterocycles. The summed E-state index contributed by atoms with van der Waals surface area (Å²) >= 11 is 3.24. The van der Waals surface area contributed by atoms with Gasteiger partial charge in [0.2, 0.25) is 0 Å². The fraction of sp³-hybridized carbons (Fsp3) is 0.450. The summed E-state index contributed by atoms with van der Waals surface area (Å²) in [5.41, 5.74) is -5.68. The van der Waals surface area contributed by atoms with Crippen LogP contribution in [0, 0.1) is 6.92 Å². The van der Waals surface area contributed by atoms with Crippen LogP contribution in [0.5, 0.6) is 5.75 Å². The number of benzene rings is 2. The smallest absolute Gasteiger partial charge is 0.466 e. The molecule has 0 atom stereocenters. The van der Waals surface area contributed by atoms with E-state index < -0.39 is 39.4 Å². The summed E-state index contributed by atoms with van der Waals surface area (Å²) in [6.07, 6.45) is -0.422. The Morgan fingerprint density at radius 1 is 1.16 bits per heavy atom. The molecule has 11 heteroatoms. The highest BCUT2D eigenvalue weighted by Crippen LogP contribution is 2.38. The molecule has 0 radical (unpaired) electrons. The van der Waals surface area contributed by atoms with Gasteiger partial charge in [0, 0.05) is 15.4 Å². The fourth-order valence-electron chi connectivity index (χ4n) is 2.35. The van der Waals surface area contributed by atoms with Crippen LogP contribution in [0.2, 0.25) is 0 Å². The van der Waals surface area contributed by atoms with Crippen molar-refractivity contribution in [1.29, 1.82) is 0 Å². The van der Waals surface area contributed by atoms with Crippen molar-refractivity contribution >= 4 is 42.8 Å². The average Bonchev–Trinajstić information content (AvgIpc) is 2.55. The number of aryl methyl sites for hydroxylation is 1. The molecule has 0 spiro atoms. The van der Waals surface area contributed by atoms with Gasteiger partial charge in [0.1, 0.15) is 0 Å². The van der Waals surface area contributed by atoms with Gasteiger partial charge in [0.25, 0.3) is 0 Å². The van der Waals surface area contributed by atoms with E-state index >= 15 is 0 Å². The maximum atomic E-state index is 12.8. The predicted molar refractivity (Wildman–Crippen MR) is 114 cm³/mol. The van der Waals surface area contributed by atoms with E-state index in [9.17, 15) is 26.4 Å². The lowest BCUT2D eigenvalue weighted by atomic mass is 9.98. The lowest BCUT2D eigenvalue weighted by molar-refractivity contribution is -0.142. The first-order valence-electron chi connectivity index (χ1n) is 9.06. The topological polar surface area (TPSA) is 89.9 Å². The van der Waals surface area contributed by atoms with Gasteiger partial charge < -0.3 is 14.0 Å². The molecule has 2 rings (SSSR count). The van der Waals surface area contributed by atoms with Crippen molar-refractivity contribution < 1.29 is 40.4 Å². The largest absolute Gasteiger partial charge is 0.534 e. The van der Waals surface area contributed by atoms with E-state index in [1.807, 2.05) is 0 Å². The van der Waals surface area contributed by atoms with E-state index in [0.29, 0.717) is 15.4 Å². The second-order valence-corrected chi connectivity index (χ2v) is 9.96. The number of rotatable bonds is 5. The second-order valence-electron chi connectivity index (χ2n) is 7.50. The zero-order valence-corrected chi connectivity index (χ0v) is 20.0. The van der Waals surface area contributed by atoms with E-state index in [1.54, 1.807) is 46.8 Å². The molecule has 0 fully saturated rings. The number of aliphatic hydroxyl groups is 1. The molecule has 0 saturated carbocycles. The van der Waals surface area contributed by atoms with Crippen molar-refractivity contribution in [3.63, 3.8) is 0 Å². The number of fused-ring (bicyclic) bond motifs is 1. The molecule has 0 aliphatic carbocycles. The van der Waals surface area contributed by atoms with Crippen LogP contribution in [0.25, 0.3) is 10.8 Å². The standard InChI is InChI=1S/C16H14BrF3O5S.C4H10O/c1-3-24-14(21)8-13-9(2)6-10-7-11(17)4-5-12(10)15(13)25-26(22,23)16(18,19)20;1-4(2,3)5/h4-7H,3,8H2,1-2H3;5H,1-3H3. The Morgan fingerprint density at radius 3 is 2.19 bits per heavy atom. The Balaban J connectivity index is 0.000000861. The summed E-state index contributed by atoms with van der Waals surface area (Å²) in [5.74, 6) is -1.24. The number of hydrogen-bond acceptors (Lipinski definition) is 6. The molecule has 0 unspecified atom stereocenters. The van der Waals surface area contributed by atoms with Crippen LogP contribution in [0.1, 0.15) is 38.8 Å². The van der Waals surface area contributed by atoms with Crippen LogP contribution in [0.15, 0.2) is 28.7 Å². The molecule has 2 aromatic rings. The molecular weight excluding hydrogens is 505 g/mol. The Kier molecular flexibility index (Phi) is 8.93. The molecule has 2 aromatic carbocycles. The Bertz CT molecular complexity index is 1040. The van der Waals surface area contributed by atoms with Crippen molar-refractivity contribution in [3.8, 4) is 5.75 Å². The maximum Gasteiger partial charge on any atom is 0.534 e. The zero-order chi connectivity index (χ0) is 24.2. The highest BCUT2D eigenvalue weighted by molar-refractivity contribution is 9.10. The van der Waals surface area contributed by atoms with E-state index in [-0.39, 0.29) is 17.6 Å². The third kappa shape index (κ3) is 8.30. The second kappa shape index (κ2) is 10.2. The minimum atomic E-state index is -5.90. The lowest BCUT2D eigenvalue weighted by Gasteiger charge is -2.17. The first kappa shape index (κ1) is 27.2. The van der Waals surface area contributed by atoms with E-state index in [4.69, 9.17) is 9.84 Å². The molecule has 1 N–H and O–H groups in total. The number of esters is 1. The Labute approximate surface area is 187 Å². The molecule has 0 bridgehead atoms. The molecule has 174 valence electrons. The third-order valence-electron chi connectivity index (χ3n) is 3.48. The highest BCUT2D eigenvalue weighted by Gasteiger charge is 2.49. The third-order valence-corrected chi connectivity index (χ3v) is 4.93. The Hall–Kier alpha value is -1.85. The first-order valence-corrected chi connectivity index (χ1v) is 11.3. The van der Waals surface area contributed by atoms with Crippen LogP contribution in [-0.4, -0.2) is 37.2 Å². The quantitative estimate of drug-likeness (QED) is 0.333. The van der Waals surface area contributed by atoms with Crippen molar-refractivity contribution in [2.24, 2.45) is 0 Å². The summed E-state index contributed by atoms with van der Waals surface area (Å²) in [6.45, 7) is 8.43. The lowest BCUT2D eigenvalue weighted by Crippen LogP contribution is -2.28. The summed E-state index contributed by atoms with van der Waals surface area (Å²) in [6, 6.07) is 6.17. The van der Waals surface area contributed by atoms with Crippen LogP contribution in [0.3, 0.4) is 0 Å². The van der Waals surface area contributed by atoms with Crippen molar-refractivity contribution in [2.75, 3.05) is 6.61 Å². The van der Waals surface area contributed by atoms with Gasteiger partial charge in [0.05, 0.1) is 18.6 Å². The molecule has 31 heavy (non-hydrogen) atoms. The van der Waals surface area contributed by atoms with Crippen molar-refractivity contribution in [2.45, 2.75) is 52.1 Å². The van der Waals surface area contributed by atoms with Crippen LogP contribution in [-0.2, 0) is 26.1 Å². The summed E-state index contributed by atoms with van der Waals surface area (Å²) in [7, 11) is -5.90. The van der Waals surface area contributed by atoms with Gasteiger partial charge in [-0.25, -0.2) is 0 Å². The van der Waals surface area contributed by atoms with Gasteiger partial charge >= 0.3 is 21.6 Å². The zero-order valence-electron chi connectivity index (χ0n) is 17.6. The summed E-state index contributed by atoms with van der Waals surface area (Å²) in [5, 5.41) is 9.11. The first-order chi connectivity index (χ1) is 14.0. The molecule has 0 aliphatic heterocycles. The van der Waals surface area contributed by atoms with E-state index in [0.717, 1.165) is 0 Å². The predicted octanol–water partition coefficient (Wildman–Crippen LogP) is 5.02. The monoisotopic (exact) mass is 528 g/mol. The number of ether oxygens (including phenoxy) is 1. The van der Waals surface area contributed by atoms with Gasteiger partial charge in [0.15, 0.2) is 5.75 Å². The van der Waals surface area contributed by atoms with Gasteiger partial charge in [-0.2, -0.15) is 21.6 Å². The van der Waals surface area contributed by atoms with Crippen LogP contribution in [0.4, 0.5) is 13.2 Å². The van der Waals surface area contributed by atoms with Crippen LogP contribution < -0.4 is 4.18 Å². The highest BCUT2D eigenvalue weighted by atomic mass is 79.9. The number of carbonyl (C=O) groups excluding carboxylic acids is 1. The van der Waals surface area contributed by atoms with Gasteiger partial charge in [-0.15, -0.1) is 0 Å². The SMILES string of the molecule is CC(C)(C)O.CCOC(=O)Cc1c(C)cc2cc(Br)ccc2c1OS(=O)(=O)C(F)(F)F. The molecule has 0 amide bonds. The maximum absolute atomic E-state index is 12.8. The molecule has 0 heterocycles. The Morgan fingerprint density at radius 2 is 1.71 bits per heavy atom. The number of hydrogen-bond donors (Lipinski definition) is 1. The van der Waals surface area contributed by atoms with E-state index in [2.05, 4.69) is 20.1 Å². The average molecular weight is 529 g/mol. The number of alkyl halides is 3. The molecule has 6 nitrogen and oxygen atoms in total. The summed E-state index contributed by atoms with van der Waals surface area (Å²) in [4.78, 5) is 11.8. The van der Waals surface area contributed by atoms with Gasteiger partial charge in [-0.05, 0) is 63.8 Å². The normalized spacial score (nSPS) is 12.2. The van der Waals surface area contributed by atoms with Crippen molar-refractivity contribution in [3.05, 3.63) is 39.9 Å². The van der Waals surface area contributed by atoms with E-state index in [1.165, 1.54) is 12.1 Å². The van der Waals surface area contributed by atoms with Crippen molar-refractivity contribution in [1.82, 2.24) is 0 Å². The minimum Gasteiger partial charge on any atom is -0.466 e. The molecule has 0 aliphatic rings. The fourth-order valence-corrected chi connectivity index (χ4v) is 3.23. The summed E-state index contributed by atoms with van der Waals surface area (Å²) < 4.78 is 71.3. The minimum absolute atomic E-state index is 0.0195. The number of halogens is 4. The molecular formula is C20H24BrF3O6S. The van der Waals surface area contributed by atoms with Crippen LogP contribution >= 0.6 is 15.9 Å².